The van der Waals surface area contributed by atoms with Crippen LogP contribution in [0.15, 0.2) is 53.4 Å². The van der Waals surface area contributed by atoms with Gasteiger partial charge in [0.05, 0.1) is 35.2 Å². The summed E-state index contributed by atoms with van der Waals surface area (Å²) in [5, 5.41) is 13.2. The molecule has 0 unspecified atom stereocenters. The van der Waals surface area contributed by atoms with Crippen LogP contribution in [0.1, 0.15) is 38.2 Å². The van der Waals surface area contributed by atoms with Crippen molar-refractivity contribution in [1.29, 1.82) is 0 Å². The van der Waals surface area contributed by atoms with E-state index in [1.54, 1.807) is 0 Å². The number of halogens is 1. The molecule has 1 aliphatic carbocycles. The van der Waals surface area contributed by atoms with Gasteiger partial charge >= 0.3 is 6.09 Å². The zero-order chi connectivity index (χ0) is 28.9. The molecule has 40 heavy (non-hydrogen) atoms. The first-order valence-corrected chi connectivity index (χ1v) is 14.2. The Hall–Kier alpha value is -3.62. The Labute approximate surface area is 230 Å². The van der Waals surface area contributed by atoms with Crippen LogP contribution in [0.25, 0.3) is 0 Å². The Bertz CT molecular complexity index is 1310. The van der Waals surface area contributed by atoms with Gasteiger partial charge in [-0.25, -0.2) is 22.3 Å². The highest BCUT2D eigenvalue weighted by Crippen LogP contribution is 2.43. The SMILES string of the molecule is C[C@@H](OCC12CCC(CC1)OC2)[C@H](NC(=O)OCc1ccc([N+](=O)[O-])cc1)C(=O)NS(=O)(=O)c1ccc(F)cc1. The first-order chi connectivity index (χ1) is 19.0. The van der Waals surface area contributed by atoms with Gasteiger partial charge in [0.2, 0.25) is 0 Å². The molecule has 0 aromatic heterocycles. The van der Waals surface area contributed by atoms with E-state index < -0.39 is 44.9 Å². The molecule has 0 radical (unpaired) electrons. The third-order valence-electron chi connectivity index (χ3n) is 7.17. The Balaban J connectivity index is 1.43. The molecule has 0 spiro atoms. The number of hydrogen-bond acceptors (Lipinski definition) is 9. The van der Waals surface area contributed by atoms with Crippen LogP contribution < -0.4 is 10.0 Å². The van der Waals surface area contributed by atoms with Gasteiger partial charge in [-0.05, 0) is 74.6 Å². The number of rotatable bonds is 11. The Morgan fingerprint density at radius 1 is 1.15 bits per heavy atom. The second-order valence-corrected chi connectivity index (χ2v) is 11.8. The summed E-state index contributed by atoms with van der Waals surface area (Å²) in [6.45, 7) is 2.03. The molecule has 3 aliphatic rings. The monoisotopic (exact) mass is 579 g/mol. The van der Waals surface area contributed by atoms with Gasteiger partial charge in [0.15, 0.2) is 0 Å². The number of sulfonamides is 1. The molecular formula is C26H30FN3O9S. The molecule has 2 atom stereocenters. The summed E-state index contributed by atoms with van der Waals surface area (Å²) in [7, 11) is -4.39. The van der Waals surface area contributed by atoms with Crippen LogP contribution in [0.2, 0.25) is 0 Å². The fourth-order valence-electron chi connectivity index (χ4n) is 4.70. The molecule has 216 valence electrons. The number of benzene rings is 2. The minimum Gasteiger partial charge on any atom is -0.445 e. The summed E-state index contributed by atoms with van der Waals surface area (Å²) in [5.74, 6) is -1.73. The van der Waals surface area contributed by atoms with E-state index in [1.165, 1.54) is 31.2 Å². The van der Waals surface area contributed by atoms with Crippen molar-refractivity contribution in [2.24, 2.45) is 5.41 Å². The lowest BCUT2D eigenvalue weighted by atomic mass is 9.72. The summed E-state index contributed by atoms with van der Waals surface area (Å²) >= 11 is 0. The maximum absolute atomic E-state index is 13.3. The molecule has 2 saturated heterocycles. The molecule has 2 bridgehead atoms. The summed E-state index contributed by atoms with van der Waals surface area (Å²) in [6.07, 6.45) is 1.85. The van der Waals surface area contributed by atoms with Crippen LogP contribution in [0.4, 0.5) is 14.9 Å². The number of nitrogens with one attached hydrogen (secondary N) is 2. The van der Waals surface area contributed by atoms with Gasteiger partial charge in [-0.15, -0.1) is 0 Å². The molecule has 14 heteroatoms. The Kier molecular flexibility index (Phi) is 9.01. The minimum atomic E-state index is -4.39. The molecule has 5 rings (SSSR count). The number of nitro groups is 1. The molecule has 3 fully saturated rings. The minimum absolute atomic E-state index is 0.130. The molecule has 2 aromatic rings. The second kappa shape index (κ2) is 12.3. The number of ether oxygens (including phenoxy) is 3. The number of hydrogen-bond donors (Lipinski definition) is 2. The van der Waals surface area contributed by atoms with Crippen molar-refractivity contribution in [1.82, 2.24) is 10.0 Å². The lowest BCUT2D eigenvalue weighted by molar-refractivity contribution is -0.384. The second-order valence-electron chi connectivity index (χ2n) is 10.1. The van der Waals surface area contributed by atoms with E-state index in [0.717, 1.165) is 49.9 Å². The summed E-state index contributed by atoms with van der Waals surface area (Å²) < 4.78 is 57.7. The Morgan fingerprint density at radius 2 is 1.80 bits per heavy atom. The van der Waals surface area contributed by atoms with Crippen LogP contribution in [-0.4, -0.2) is 56.8 Å². The molecule has 2 heterocycles. The summed E-state index contributed by atoms with van der Waals surface area (Å²) in [6, 6.07) is 7.75. The lowest BCUT2D eigenvalue weighted by Crippen LogP contribution is -2.55. The van der Waals surface area contributed by atoms with Gasteiger partial charge in [0.1, 0.15) is 18.5 Å². The highest BCUT2D eigenvalue weighted by atomic mass is 32.2. The van der Waals surface area contributed by atoms with Gasteiger partial charge in [-0.2, -0.15) is 0 Å². The van der Waals surface area contributed by atoms with E-state index in [9.17, 15) is 32.5 Å². The van der Waals surface area contributed by atoms with Crippen molar-refractivity contribution in [3.8, 4) is 0 Å². The predicted molar refractivity (Wildman–Crippen MR) is 138 cm³/mol. The average Bonchev–Trinajstić information content (AvgIpc) is 2.94. The van der Waals surface area contributed by atoms with E-state index in [2.05, 4.69) is 5.32 Å². The van der Waals surface area contributed by atoms with E-state index >= 15 is 0 Å². The number of carbonyl (C=O) groups is 2. The van der Waals surface area contributed by atoms with E-state index in [-0.39, 0.29) is 35.3 Å². The third-order valence-corrected chi connectivity index (χ3v) is 8.53. The molecular weight excluding hydrogens is 549 g/mol. The maximum Gasteiger partial charge on any atom is 0.408 e. The standard InChI is InChI=1S/C26H30FN3O9S/c1-17(38-15-26-12-10-21(11-13-26)39-16-26)23(24(31)29-40(35,36)22-8-4-19(27)5-9-22)28-25(32)37-14-18-2-6-20(7-3-18)30(33)34/h2-9,17,21,23H,10-16H2,1H3,(H,28,32)(H,29,31)/t17-,21?,23+,26?/m1/s1. The van der Waals surface area contributed by atoms with Crippen molar-refractivity contribution < 1.29 is 41.5 Å². The number of nitrogens with zero attached hydrogens (tertiary/aromatic N) is 1. The zero-order valence-corrected chi connectivity index (χ0v) is 22.5. The highest BCUT2D eigenvalue weighted by Gasteiger charge is 2.42. The van der Waals surface area contributed by atoms with Gasteiger partial charge in [-0.1, -0.05) is 0 Å². The van der Waals surface area contributed by atoms with Gasteiger partial charge in [0, 0.05) is 17.5 Å². The number of non-ortho nitro benzene ring substituents is 1. The number of carbonyl (C=O) groups excluding carboxylic acids is 2. The van der Waals surface area contributed by atoms with Crippen molar-refractivity contribution >= 4 is 27.7 Å². The zero-order valence-electron chi connectivity index (χ0n) is 21.7. The van der Waals surface area contributed by atoms with E-state index in [0.29, 0.717) is 12.2 Å². The topological polar surface area (TPSA) is 163 Å². The van der Waals surface area contributed by atoms with Crippen LogP contribution in [-0.2, 0) is 35.6 Å². The molecule has 2 aliphatic heterocycles. The third kappa shape index (κ3) is 7.31. The fourth-order valence-corrected chi connectivity index (χ4v) is 5.70. The van der Waals surface area contributed by atoms with Crippen LogP contribution in [0.5, 0.6) is 0 Å². The van der Waals surface area contributed by atoms with Gasteiger partial charge in [0.25, 0.3) is 21.6 Å². The number of alkyl carbamates (subject to hydrolysis) is 1. The average molecular weight is 580 g/mol. The molecule has 2 amide bonds. The number of nitro benzene ring substituents is 1. The first kappa shape index (κ1) is 29.4. The lowest BCUT2D eigenvalue weighted by Gasteiger charge is -2.46. The normalized spacial score (nSPS) is 21.7. The summed E-state index contributed by atoms with van der Waals surface area (Å²) in [4.78, 5) is 35.7. The van der Waals surface area contributed by atoms with Crippen molar-refractivity contribution in [2.45, 2.75) is 62.4 Å². The molecule has 2 N–H and O–H groups in total. The van der Waals surface area contributed by atoms with Gasteiger partial charge < -0.3 is 19.5 Å². The van der Waals surface area contributed by atoms with Crippen molar-refractivity contribution in [3.05, 3.63) is 70.0 Å². The van der Waals surface area contributed by atoms with E-state index in [4.69, 9.17) is 14.2 Å². The fraction of sp³-hybridized carbons (Fsp3) is 0.462. The van der Waals surface area contributed by atoms with Crippen LogP contribution >= 0.6 is 0 Å². The van der Waals surface area contributed by atoms with Crippen LogP contribution in [0, 0.1) is 21.3 Å². The smallest absolute Gasteiger partial charge is 0.408 e. The molecule has 2 aromatic carbocycles. The molecule has 12 nitrogen and oxygen atoms in total. The van der Waals surface area contributed by atoms with Crippen LogP contribution in [0.3, 0.4) is 0 Å². The first-order valence-electron chi connectivity index (χ1n) is 12.7. The van der Waals surface area contributed by atoms with Crippen molar-refractivity contribution in [2.75, 3.05) is 13.2 Å². The summed E-state index contributed by atoms with van der Waals surface area (Å²) in [5.41, 5.74) is 0.104. The quantitative estimate of drug-likeness (QED) is 0.301. The Morgan fingerprint density at radius 3 is 2.38 bits per heavy atom. The van der Waals surface area contributed by atoms with Gasteiger partial charge in [-0.3, -0.25) is 14.9 Å². The highest BCUT2D eigenvalue weighted by molar-refractivity contribution is 7.90. The largest absolute Gasteiger partial charge is 0.445 e. The van der Waals surface area contributed by atoms with Crippen molar-refractivity contribution in [3.63, 3.8) is 0 Å². The van der Waals surface area contributed by atoms with E-state index in [1.807, 2.05) is 4.72 Å². The number of fused-ring (bicyclic) bond motifs is 3. The predicted octanol–water partition coefficient (Wildman–Crippen LogP) is 3.20. The number of amides is 2. The maximum atomic E-state index is 13.3. The molecule has 1 saturated carbocycles.